The van der Waals surface area contributed by atoms with Crippen molar-refractivity contribution in [1.82, 2.24) is 0 Å². The Balaban J connectivity index is 2.31. The molecule has 1 aliphatic carbocycles. The topological polar surface area (TPSA) is 20.2 Å². The lowest BCUT2D eigenvalue weighted by atomic mass is 9.97. The van der Waals surface area contributed by atoms with Gasteiger partial charge in [-0.25, -0.2) is 0 Å². The number of halogens is 2. The molecule has 1 unspecified atom stereocenters. The summed E-state index contributed by atoms with van der Waals surface area (Å²) in [6.07, 6.45) is 1.37. The number of hydrogen-bond donors (Lipinski definition) is 1. The van der Waals surface area contributed by atoms with E-state index in [0.29, 0.717) is 5.02 Å². The highest BCUT2D eigenvalue weighted by Gasteiger charge is 2.21. The molecule has 0 saturated heterocycles. The molecular weight excluding hydrogens is 312 g/mol. The van der Waals surface area contributed by atoms with Crippen molar-refractivity contribution in [2.45, 2.75) is 6.10 Å². The lowest BCUT2D eigenvalue weighted by Crippen LogP contribution is -2.02. The summed E-state index contributed by atoms with van der Waals surface area (Å²) >= 11 is 9.59. The van der Waals surface area contributed by atoms with Gasteiger partial charge in [0.1, 0.15) is 6.10 Å². The molecule has 0 aromatic heterocycles. The molecule has 0 saturated carbocycles. The maximum absolute atomic E-state index is 10.5. The van der Waals surface area contributed by atoms with Crippen molar-refractivity contribution in [2.24, 2.45) is 0 Å². The highest BCUT2D eigenvalue weighted by molar-refractivity contribution is 9.15. The van der Waals surface area contributed by atoms with Gasteiger partial charge in [0.2, 0.25) is 0 Å². The minimum atomic E-state index is -0.652. The van der Waals surface area contributed by atoms with Crippen LogP contribution < -0.4 is 0 Å². The quantitative estimate of drug-likeness (QED) is 0.750. The van der Waals surface area contributed by atoms with E-state index in [9.17, 15) is 5.11 Å². The first-order valence-electron chi connectivity index (χ1n) is 5.61. The van der Waals surface area contributed by atoms with E-state index in [0.717, 1.165) is 26.7 Å². The summed E-state index contributed by atoms with van der Waals surface area (Å²) in [5.41, 5.74) is 3.72. The van der Waals surface area contributed by atoms with Crippen LogP contribution in [-0.2, 0) is 0 Å². The molecule has 1 nitrogen and oxygen atoms in total. The Bertz CT molecular complexity index is 649. The van der Waals surface area contributed by atoms with Gasteiger partial charge in [-0.2, -0.15) is 0 Å². The smallest absolute Gasteiger partial charge is 0.105 e. The van der Waals surface area contributed by atoms with Crippen molar-refractivity contribution >= 4 is 38.1 Å². The molecule has 0 bridgehead atoms. The van der Waals surface area contributed by atoms with Crippen molar-refractivity contribution in [2.75, 3.05) is 0 Å². The summed E-state index contributed by atoms with van der Waals surface area (Å²) < 4.78 is 0.957. The largest absolute Gasteiger partial charge is 0.384 e. The zero-order valence-electron chi connectivity index (χ0n) is 9.40. The first-order valence-corrected chi connectivity index (χ1v) is 6.78. The second-order valence-electron chi connectivity index (χ2n) is 4.26. The maximum Gasteiger partial charge on any atom is 0.105 e. The monoisotopic (exact) mass is 320 g/mol. The number of aliphatic hydroxyl groups excluding tert-OH is 1. The molecule has 0 aliphatic heterocycles. The molecular formula is C15H10BrClO. The summed E-state index contributed by atoms with van der Waals surface area (Å²) in [5.74, 6) is 0. The molecule has 0 fully saturated rings. The number of benzene rings is 2. The van der Waals surface area contributed by atoms with E-state index in [1.54, 1.807) is 0 Å². The van der Waals surface area contributed by atoms with Crippen LogP contribution in [0.4, 0.5) is 0 Å². The van der Waals surface area contributed by atoms with Crippen LogP contribution in [0.2, 0.25) is 5.02 Å². The molecule has 0 heterocycles. The first kappa shape index (κ1) is 12.0. The predicted octanol–water partition coefficient (Wildman–Crippen LogP) is 4.63. The summed E-state index contributed by atoms with van der Waals surface area (Å²) in [5, 5.41) is 11.2. The Morgan fingerprint density at radius 1 is 1.06 bits per heavy atom. The van der Waals surface area contributed by atoms with Crippen molar-refractivity contribution in [3.63, 3.8) is 0 Å². The molecule has 2 aromatic carbocycles. The molecule has 1 aliphatic rings. The Morgan fingerprint density at radius 3 is 2.67 bits per heavy atom. The minimum absolute atomic E-state index is 0.632. The Morgan fingerprint density at radius 2 is 1.83 bits per heavy atom. The summed E-state index contributed by atoms with van der Waals surface area (Å²) in [6, 6.07) is 13.4. The normalized spacial score (nSPS) is 17.5. The minimum Gasteiger partial charge on any atom is -0.384 e. The SMILES string of the molecule is OC1c2ccccc2C=C(Br)c2ccc(Cl)cc21. The lowest BCUT2D eigenvalue weighted by molar-refractivity contribution is 0.220. The van der Waals surface area contributed by atoms with Crippen LogP contribution in [0.15, 0.2) is 42.5 Å². The van der Waals surface area contributed by atoms with Gasteiger partial charge in [0.05, 0.1) is 0 Å². The first-order chi connectivity index (χ1) is 8.66. The zero-order valence-corrected chi connectivity index (χ0v) is 11.7. The van der Waals surface area contributed by atoms with Crippen molar-refractivity contribution in [3.05, 3.63) is 69.7 Å². The maximum atomic E-state index is 10.5. The second kappa shape index (κ2) is 4.54. The van der Waals surface area contributed by atoms with Crippen LogP contribution in [0.25, 0.3) is 10.6 Å². The average molecular weight is 322 g/mol. The molecule has 3 rings (SSSR count). The predicted molar refractivity (Wildman–Crippen MR) is 78.8 cm³/mol. The molecule has 2 aromatic rings. The molecule has 0 spiro atoms. The van der Waals surface area contributed by atoms with E-state index in [4.69, 9.17) is 11.6 Å². The third-order valence-electron chi connectivity index (χ3n) is 3.14. The van der Waals surface area contributed by atoms with Crippen LogP contribution in [-0.4, -0.2) is 5.11 Å². The molecule has 1 atom stereocenters. The molecule has 18 heavy (non-hydrogen) atoms. The van der Waals surface area contributed by atoms with E-state index in [-0.39, 0.29) is 0 Å². The molecule has 0 radical (unpaired) electrons. The number of rotatable bonds is 0. The number of fused-ring (bicyclic) bond motifs is 2. The van der Waals surface area contributed by atoms with E-state index in [2.05, 4.69) is 15.9 Å². The average Bonchev–Trinajstić information content (AvgIpc) is 2.47. The fourth-order valence-electron chi connectivity index (χ4n) is 2.25. The summed E-state index contributed by atoms with van der Waals surface area (Å²) in [6.45, 7) is 0. The van der Waals surface area contributed by atoms with Gasteiger partial charge in [0.15, 0.2) is 0 Å². The van der Waals surface area contributed by atoms with Crippen molar-refractivity contribution in [1.29, 1.82) is 0 Å². The van der Waals surface area contributed by atoms with Gasteiger partial charge in [-0.05, 0) is 40.5 Å². The van der Waals surface area contributed by atoms with E-state index < -0.39 is 6.10 Å². The Kier molecular flexibility index (Phi) is 3.02. The van der Waals surface area contributed by atoms with Crippen LogP contribution in [0.5, 0.6) is 0 Å². The fraction of sp³-hybridized carbons (Fsp3) is 0.0667. The molecule has 0 amide bonds. The van der Waals surface area contributed by atoms with Crippen molar-refractivity contribution < 1.29 is 5.11 Å². The number of hydrogen-bond acceptors (Lipinski definition) is 1. The zero-order chi connectivity index (χ0) is 12.7. The van der Waals surface area contributed by atoms with Crippen LogP contribution >= 0.6 is 27.5 Å². The van der Waals surface area contributed by atoms with Crippen molar-refractivity contribution in [3.8, 4) is 0 Å². The third-order valence-corrected chi connectivity index (χ3v) is 4.03. The Labute approximate surface area is 119 Å². The summed E-state index contributed by atoms with van der Waals surface area (Å²) in [7, 11) is 0. The highest BCUT2D eigenvalue weighted by Crippen LogP contribution is 2.39. The van der Waals surface area contributed by atoms with Gasteiger partial charge in [-0.3, -0.25) is 0 Å². The fourth-order valence-corrected chi connectivity index (χ4v) is 3.04. The molecule has 1 N–H and O–H groups in total. The molecule has 90 valence electrons. The second-order valence-corrected chi connectivity index (χ2v) is 5.55. The van der Waals surface area contributed by atoms with E-state index >= 15 is 0 Å². The standard InChI is InChI=1S/C15H10BrClO/c16-14-7-9-3-1-2-4-11(9)15(18)13-8-10(17)5-6-12(13)14/h1-8,15,18H. The Hall–Kier alpha value is -1.09. The van der Waals surface area contributed by atoms with Gasteiger partial charge < -0.3 is 5.11 Å². The van der Waals surface area contributed by atoms with E-state index in [1.165, 1.54) is 0 Å². The van der Waals surface area contributed by atoms with Gasteiger partial charge in [0, 0.05) is 9.51 Å². The van der Waals surface area contributed by atoms with Gasteiger partial charge >= 0.3 is 0 Å². The van der Waals surface area contributed by atoms with Gasteiger partial charge in [0.25, 0.3) is 0 Å². The van der Waals surface area contributed by atoms with Crippen LogP contribution in [0.3, 0.4) is 0 Å². The molecule has 3 heteroatoms. The lowest BCUT2D eigenvalue weighted by Gasteiger charge is -2.14. The number of aliphatic hydroxyl groups is 1. The summed E-state index contributed by atoms with van der Waals surface area (Å²) in [4.78, 5) is 0. The van der Waals surface area contributed by atoms with Gasteiger partial charge in [-0.15, -0.1) is 0 Å². The van der Waals surface area contributed by atoms with E-state index in [1.807, 2.05) is 48.5 Å². The van der Waals surface area contributed by atoms with Crippen LogP contribution in [0, 0.1) is 0 Å². The van der Waals surface area contributed by atoms with Crippen LogP contribution in [0.1, 0.15) is 28.4 Å². The highest BCUT2D eigenvalue weighted by atomic mass is 79.9. The van der Waals surface area contributed by atoms with Gasteiger partial charge in [-0.1, -0.05) is 57.9 Å². The third kappa shape index (κ3) is 1.91.